The lowest BCUT2D eigenvalue weighted by Gasteiger charge is -2.33. The van der Waals surface area contributed by atoms with Crippen molar-refractivity contribution >= 4 is 10.2 Å². The van der Waals surface area contributed by atoms with Crippen LogP contribution >= 0.6 is 0 Å². The van der Waals surface area contributed by atoms with E-state index >= 15 is 0 Å². The second-order valence-corrected chi connectivity index (χ2v) is 7.63. The van der Waals surface area contributed by atoms with Crippen molar-refractivity contribution in [3.63, 3.8) is 0 Å². The largest absolute Gasteiger partial charge is 0.379 e. The van der Waals surface area contributed by atoms with E-state index in [4.69, 9.17) is 4.74 Å². The molecule has 1 unspecified atom stereocenters. The molecular weight excluding hydrogens is 330 g/mol. The zero-order chi connectivity index (χ0) is 17.2. The topological polar surface area (TPSA) is 80.6 Å². The molecule has 0 bridgehead atoms. The fourth-order valence-corrected chi connectivity index (χ4v) is 4.11. The molecule has 9 heteroatoms. The van der Waals surface area contributed by atoms with E-state index in [2.05, 4.69) is 10.1 Å². The molecule has 1 atom stereocenters. The molecular formula is C15H21N5O3S. The van der Waals surface area contributed by atoms with E-state index in [-0.39, 0.29) is 6.04 Å². The van der Waals surface area contributed by atoms with Crippen LogP contribution in [0.4, 0.5) is 0 Å². The minimum absolute atomic E-state index is 0.275. The van der Waals surface area contributed by atoms with Crippen LogP contribution in [0.15, 0.2) is 36.9 Å². The van der Waals surface area contributed by atoms with Gasteiger partial charge in [-0.3, -0.25) is 0 Å². The molecule has 1 aromatic carbocycles. The monoisotopic (exact) mass is 351 g/mol. The lowest BCUT2D eigenvalue weighted by atomic mass is 10.1. The summed E-state index contributed by atoms with van der Waals surface area (Å²) < 4.78 is 35.2. The first-order valence-corrected chi connectivity index (χ1v) is 9.15. The molecule has 0 N–H and O–H groups in total. The van der Waals surface area contributed by atoms with Crippen LogP contribution in [0.25, 0.3) is 5.69 Å². The van der Waals surface area contributed by atoms with Crippen LogP contribution in [-0.2, 0) is 14.9 Å². The third kappa shape index (κ3) is 3.34. The zero-order valence-electron chi connectivity index (χ0n) is 13.7. The van der Waals surface area contributed by atoms with Gasteiger partial charge in [-0.15, -0.1) is 0 Å². The molecule has 130 valence electrons. The van der Waals surface area contributed by atoms with E-state index < -0.39 is 10.2 Å². The maximum Gasteiger partial charge on any atom is 0.282 e. The molecule has 1 aromatic heterocycles. The Morgan fingerprint density at radius 3 is 2.46 bits per heavy atom. The van der Waals surface area contributed by atoms with Gasteiger partial charge in [0.05, 0.1) is 18.9 Å². The van der Waals surface area contributed by atoms with Crippen LogP contribution in [0.3, 0.4) is 0 Å². The molecule has 0 amide bonds. The Morgan fingerprint density at radius 1 is 1.21 bits per heavy atom. The molecule has 0 radical (unpaired) electrons. The van der Waals surface area contributed by atoms with E-state index in [1.165, 1.54) is 14.9 Å². The van der Waals surface area contributed by atoms with Crippen molar-refractivity contribution in [3.05, 3.63) is 42.5 Å². The number of benzene rings is 1. The van der Waals surface area contributed by atoms with Gasteiger partial charge in [0.2, 0.25) is 0 Å². The summed E-state index contributed by atoms with van der Waals surface area (Å²) in [6.45, 7) is 3.54. The lowest BCUT2D eigenvalue weighted by Crippen LogP contribution is -2.47. The van der Waals surface area contributed by atoms with E-state index in [1.54, 1.807) is 18.1 Å². The summed E-state index contributed by atoms with van der Waals surface area (Å²) in [5.41, 5.74) is 1.79. The van der Waals surface area contributed by atoms with E-state index in [0.717, 1.165) is 11.3 Å². The second-order valence-electron chi connectivity index (χ2n) is 5.64. The van der Waals surface area contributed by atoms with Crippen molar-refractivity contribution in [2.45, 2.75) is 13.0 Å². The zero-order valence-corrected chi connectivity index (χ0v) is 14.6. The quantitative estimate of drug-likeness (QED) is 0.797. The molecule has 1 aliphatic rings. The molecule has 0 saturated carbocycles. The number of rotatable bonds is 5. The van der Waals surface area contributed by atoms with Gasteiger partial charge in [0, 0.05) is 26.2 Å². The van der Waals surface area contributed by atoms with Gasteiger partial charge in [0.1, 0.15) is 12.7 Å². The Morgan fingerprint density at radius 2 is 1.88 bits per heavy atom. The SMILES string of the molecule is CC(c1ccc(-n2cncn2)cc1)N(C)S(=O)(=O)N1CCOCC1. The van der Waals surface area contributed by atoms with E-state index in [1.807, 2.05) is 31.2 Å². The molecule has 1 aliphatic heterocycles. The Labute approximate surface area is 141 Å². The molecule has 8 nitrogen and oxygen atoms in total. The van der Waals surface area contributed by atoms with Crippen molar-refractivity contribution < 1.29 is 13.2 Å². The molecule has 24 heavy (non-hydrogen) atoms. The molecule has 0 aliphatic carbocycles. The Hall–Kier alpha value is -1.81. The lowest BCUT2D eigenvalue weighted by molar-refractivity contribution is 0.0700. The predicted molar refractivity (Wildman–Crippen MR) is 88.8 cm³/mol. The summed E-state index contributed by atoms with van der Waals surface area (Å²) in [6.07, 6.45) is 3.09. The maximum atomic E-state index is 12.7. The van der Waals surface area contributed by atoms with Gasteiger partial charge in [-0.1, -0.05) is 12.1 Å². The number of aromatic nitrogens is 3. The summed E-state index contributed by atoms with van der Waals surface area (Å²) >= 11 is 0. The van der Waals surface area contributed by atoms with Crippen molar-refractivity contribution in [1.82, 2.24) is 23.4 Å². The van der Waals surface area contributed by atoms with Crippen LogP contribution in [-0.4, -0.2) is 65.1 Å². The second kappa shape index (κ2) is 6.98. The first-order chi connectivity index (χ1) is 11.5. The molecule has 1 saturated heterocycles. The fourth-order valence-electron chi connectivity index (χ4n) is 2.62. The normalized spacial score (nSPS) is 18.0. The highest BCUT2D eigenvalue weighted by molar-refractivity contribution is 7.86. The van der Waals surface area contributed by atoms with Gasteiger partial charge in [0.25, 0.3) is 10.2 Å². The van der Waals surface area contributed by atoms with Gasteiger partial charge in [-0.25, -0.2) is 9.67 Å². The Kier molecular flexibility index (Phi) is 4.95. The van der Waals surface area contributed by atoms with Crippen LogP contribution in [0.2, 0.25) is 0 Å². The highest BCUT2D eigenvalue weighted by atomic mass is 32.2. The molecule has 2 aromatic rings. The fraction of sp³-hybridized carbons (Fsp3) is 0.467. The van der Waals surface area contributed by atoms with Gasteiger partial charge >= 0.3 is 0 Å². The average molecular weight is 351 g/mol. The minimum Gasteiger partial charge on any atom is -0.379 e. The molecule has 0 spiro atoms. The van der Waals surface area contributed by atoms with Crippen LogP contribution in [0.5, 0.6) is 0 Å². The van der Waals surface area contributed by atoms with Crippen LogP contribution in [0.1, 0.15) is 18.5 Å². The van der Waals surface area contributed by atoms with Gasteiger partial charge in [-0.05, 0) is 24.6 Å². The van der Waals surface area contributed by atoms with E-state index in [0.29, 0.717) is 26.3 Å². The number of ether oxygens (including phenoxy) is 1. The number of hydrogen-bond acceptors (Lipinski definition) is 5. The predicted octanol–water partition coefficient (Wildman–Crippen LogP) is 0.837. The summed E-state index contributed by atoms with van der Waals surface area (Å²) in [4.78, 5) is 3.92. The number of nitrogens with zero attached hydrogens (tertiary/aromatic N) is 5. The minimum atomic E-state index is -3.50. The molecule has 3 rings (SSSR count). The summed E-state index contributed by atoms with van der Waals surface area (Å²) in [5, 5.41) is 4.08. The first kappa shape index (κ1) is 17.0. The highest BCUT2D eigenvalue weighted by Gasteiger charge is 2.31. The number of morpholine rings is 1. The molecule has 1 fully saturated rings. The van der Waals surface area contributed by atoms with Crippen molar-refractivity contribution in [2.24, 2.45) is 0 Å². The van der Waals surface area contributed by atoms with E-state index in [9.17, 15) is 8.42 Å². The summed E-state index contributed by atoms with van der Waals surface area (Å²) in [6, 6.07) is 7.34. The van der Waals surface area contributed by atoms with Crippen molar-refractivity contribution in [3.8, 4) is 5.69 Å². The summed E-state index contributed by atoms with van der Waals surface area (Å²) in [5.74, 6) is 0. The van der Waals surface area contributed by atoms with Crippen molar-refractivity contribution in [2.75, 3.05) is 33.4 Å². The number of hydrogen-bond donors (Lipinski definition) is 0. The smallest absolute Gasteiger partial charge is 0.282 e. The van der Waals surface area contributed by atoms with Gasteiger partial charge in [-0.2, -0.15) is 22.1 Å². The van der Waals surface area contributed by atoms with Gasteiger partial charge in [0.15, 0.2) is 0 Å². The van der Waals surface area contributed by atoms with Crippen LogP contribution < -0.4 is 0 Å². The summed E-state index contributed by atoms with van der Waals surface area (Å²) in [7, 11) is -1.89. The standard InChI is InChI=1S/C15H21N5O3S/c1-13(18(2)24(21,22)19-7-9-23-10-8-19)14-3-5-15(6-4-14)20-12-16-11-17-20/h3-6,11-13H,7-10H2,1-2H3. The highest BCUT2D eigenvalue weighted by Crippen LogP contribution is 2.24. The third-order valence-corrected chi connectivity index (χ3v) is 6.33. The van der Waals surface area contributed by atoms with Crippen molar-refractivity contribution in [1.29, 1.82) is 0 Å². The Balaban J connectivity index is 1.76. The third-order valence-electron chi connectivity index (χ3n) is 4.26. The average Bonchev–Trinajstić information content (AvgIpc) is 3.16. The maximum absolute atomic E-state index is 12.7. The van der Waals surface area contributed by atoms with Gasteiger partial charge < -0.3 is 4.74 Å². The first-order valence-electron chi connectivity index (χ1n) is 7.76. The van der Waals surface area contributed by atoms with Crippen LogP contribution in [0, 0.1) is 0 Å². The Bertz CT molecular complexity index is 755. The molecule has 2 heterocycles.